The minimum Gasteiger partial charge on any atom is -0.294 e. The van der Waals surface area contributed by atoms with Gasteiger partial charge in [0.25, 0.3) is 0 Å². The first-order valence-electron chi connectivity index (χ1n) is 17.8. The van der Waals surface area contributed by atoms with Gasteiger partial charge in [0, 0.05) is 44.2 Å². The molecule has 252 valence electrons. The van der Waals surface area contributed by atoms with E-state index >= 15 is 4.39 Å². The van der Waals surface area contributed by atoms with Crippen molar-refractivity contribution in [2.75, 3.05) is 0 Å². The normalized spacial score (nSPS) is 13.8. The van der Waals surface area contributed by atoms with E-state index < -0.39 is 14.2 Å². The quantitative estimate of drug-likeness (QED) is 0.161. The number of hydrogen-bond acceptors (Lipinski definition) is 3. The average Bonchev–Trinajstić information content (AvgIpc) is 3.56. The van der Waals surface area contributed by atoms with Gasteiger partial charge >= 0.3 is 0 Å². The maximum Gasteiger partial charge on any atom is 0.181 e. The van der Waals surface area contributed by atoms with Gasteiger partial charge in [-0.25, -0.2) is 9.37 Å². The predicted molar refractivity (Wildman–Crippen MR) is 219 cm³/mol. The summed E-state index contributed by atoms with van der Waals surface area (Å²) in [4.78, 5) is 12.0. The third-order valence-corrected chi connectivity index (χ3v) is 16.9. The number of alkyl halides is 1. The Hall–Kier alpha value is -6.08. The Labute approximate surface area is 312 Å². The summed E-state index contributed by atoms with van der Waals surface area (Å²) in [6, 6.07) is 61.4. The smallest absolute Gasteiger partial charge is 0.181 e. The monoisotopic (exact) mass is 717 g/mol. The molecule has 53 heavy (non-hydrogen) atoms. The second kappa shape index (κ2) is 12.8. The van der Waals surface area contributed by atoms with Gasteiger partial charge in [-0.15, -0.1) is 0 Å². The molecule has 1 unspecified atom stereocenters. The number of aromatic nitrogens is 3. The maximum atomic E-state index is 16.5. The summed E-state index contributed by atoms with van der Waals surface area (Å²) in [5, 5.41) is 7.71. The van der Waals surface area contributed by atoms with Crippen LogP contribution < -0.4 is 20.7 Å². The zero-order valence-corrected chi connectivity index (χ0v) is 30.4. The van der Waals surface area contributed by atoms with Gasteiger partial charge in [-0.3, -0.25) is 9.55 Å². The largest absolute Gasteiger partial charge is 0.294 e. The molecule has 6 aromatic carbocycles. The third kappa shape index (κ3) is 5.09. The van der Waals surface area contributed by atoms with Crippen LogP contribution in [0.5, 0.6) is 0 Å². The fourth-order valence-electron chi connectivity index (χ4n) is 8.21. The highest BCUT2D eigenvalue weighted by Crippen LogP contribution is 2.39. The fourth-order valence-corrected chi connectivity index (χ4v) is 15.2. The van der Waals surface area contributed by atoms with E-state index in [0.29, 0.717) is 11.1 Å². The van der Waals surface area contributed by atoms with Gasteiger partial charge in [-0.05, 0) is 86.5 Å². The number of benzene rings is 6. The van der Waals surface area contributed by atoms with E-state index in [1.54, 1.807) is 6.20 Å². The van der Waals surface area contributed by atoms with Crippen LogP contribution >= 0.6 is 11.8 Å². The van der Waals surface area contributed by atoms with Crippen molar-refractivity contribution in [1.82, 2.24) is 14.5 Å². The Balaban J connectivity index is 1.19. The Morgan fingerprint density at radius 2 is 1.23 bits per heavy atom. The molecule has 9 aromatic rings. The molecule has 10 rings (SSSR count). The second-order valence-electron chi connectivity index (χ2n) is 13.5. The number of nitrogens with zero attached hydrogens (tertiary/aromatic N) is 3. The van der Waals surface area contributed by atoms with Crippen molar-refractivity contribution in [2.45, 2.75) is 16.0 Å². The van der Waals surface area contributed by atoms with E-state index in [1.807, 2.05) is 84.7 Å². The van der Waals surface area contributed by atoms with E-state index in [9.17, 15) is 0 Å². The molecule has 3 aromatic heterocycles. The van der Waals surface area contributed by atoms with Gasteiger partial charge < -0.3 is 0 Å². The van der Waals surface area contributed by atoms with Crippen LogP contribution in [0.3, 0.4) is 0 Å². The molecule has 3 nitrogen and oxygen atoms in total. The predicted octanol–water partition coefficient (Wildman–Crippen LogP) is 9.14. The van der Waals surface area contributed by atoms with Crippen molar-refractivity contribution in [1.29, 1.82) is 0 Å². The molecule has 0 radical (unpaired) electrons. The maximum absolute atomic E-state index is 16.5. The molecule has 1 aliphatic heterocycles. The highest BCUT2D eigenvalue weighted by Gasteiger charge is 2.47. The summed E-state index contributed by atoms with van der Waals surface area (Å²) in [7, 11) is -2.75. The zero-order chi connectivity index (χ0) is 35.4. The lowest BCUT2D eigenvalue weighted by molar-refractivity contribution is 0.402. The third-order valence-electron chi connectivity index (χ3n) is 10.5. The van der Waals surface area contributed by atoms with Crippen molar-refractivity contribution < 1.29 is 4.39 Å². The van der Waals surface area contributed by atoms with Crippen LogP contribution in [-0.4, -0.2) is 22.6 Å². The van der Waals surface area contributed by atoms with Gasteiger partial charge in [0.05, 0.1) is 11.2 Å². The molecular weight excluding hydrogens is 686 g/mol. The van der Waals surface area contributed by atoms with Crippen LogP contribution in [0.4, 0.5) is 4.39 Å². The first-order valence-corrected chi connectivity index (χ1v) is 20.6. The Morgan fingerprint density at radius 3 is 2.00 bits per heavy atom. The number of rotatable bonds is 6. The van der Waals surface area contributed by atoms with Crippen molar-refractivity contribution >= 4 is 62.5 Å². The van der Waals surface area contributed by atoms with E-state index in [0.717, 1.165) is 38.9 Å². The number of fused-ring (bicyclic) bond motifs is 5. The topological polar surface area (TPSA) is 30.7 Å². The number of pyridine rings is 2. The first-order chi connectivity index (χ1) is 26.2. The summed E-state index contributed by atoms with van der Waals surface area (Å²) < 4.78 is 18.8. The Morgan fingerprint density at radius 1 is 0.528 bits per heavy atom. The highest BCUT2D eigenvalue weighted by atomic mass is 32.2. The van der Waals surface area contributed by atoms with Gasteiger partial charge in [0.1, 0.15) is 5.65 Å². The van der Waals surface area contributed by atoms with Crippen molar-refractivity contribution in [3.63, 3.8) is 0 Å². The summed E-state index contributed by atoms with van der Waals surface area (Å²) >= 11 is 1.84. The van der Waals surface area contributed by atoms with E-state index in [1.165, 1.54) is 30.5 Å². The van der Waals surface area contributed by atoms with Crippen LogP contribution in [0.2, 0.25) is 0 Å². The van der Waals surface area contributed by atoms with Crippen LogP contribution in [0.15, 0.2) is 198 Å². The van der Waals surface area contributed by atoms with Crippen LogP contribution in [-0.2, 0) is 0 Å². The second-order valence-corrected chi connectivity index (χ2v) is 18.3. The molecule has 0 saturated carbocycles. The van der Waals surface area contributed by atoms with Crippen LogP contribution in [0.25, 0.3) is 38.9 Å². The summed E-state index contributed by atoms with van der Waals surface area (Å²) in [5.41, 5.74) is 5.68. The Kier molecular flexibility index (Phi) is 7.67. The molecule has 0 amide bonds. The molecule has 0 bridgehead atoms. The fraction of sp³-hybridized carbons (Fsp3) is 0.0213. The van der Waals surface area contributed by atoms with Crippen LogP contribution in [0.1, 0.15) is 17.3 Å². The summed E-state index contributed by atoms with van der Waals surface area (Å²) in [6.45, 7) is 0. The van der Waals surface area contributed by atoms with Gasteiger partial charge in [-0.1, -0.05) is 133 Å². The minimum atomic E-state index is -2.75. The van der Waals surface area contributed by atoms with E-state index in [2.05, 4.69) is 119 Å². The molecular formula is C47H32FN3SSi. The molecule has 0 N–H and O–H groups in total. The number of hydrogen-bond donors (Lipinski definition) is 0. The molecule has 0 fully saturated rings. The Bertz CT molecular complexity index is 2750. The van der Waals surface area contributed by atoms with E-state index in [-0.39, 0.29) is 0 Å². The summed E-state index contributed by atoms with van der Waals surface area (Å²) in [6.07, 6.45) is 2.29. The lowest BCUT2D eigenvalue weighted by atomic mass is 9.99. The molecule has 0 spiro atoms. The van der Waals surface area contributed by atoms with Crippen LogP contribution in [0, 0.1) is 0 Å². The molecule has 6 heteroatoms. The van der Waals surface area contributed by atoms with Gasteiger partial charge in [-0.2, -0.15) is 0 Å². The highest BCUT2D eigenvalue weighted by molar-refractivity contribution is 8.00. The standard InChI is InChI=1S/C47H32FN3SSi/c48-46(33-15-11-14-32(28-33)40-23-9-10-26-49-40)34-16-12-17-35(29-34)51-41-31-43-45(30-39(41)38-22-13-27-50-47(38)51)53(36-18-3-1-4-19-36,37-20-5-2-6-21-37)44-25-8-7-24-42(44)52-43/h1-31,46H. The van der Waals surface area contributed by atoms with E-state index in [4.69, 9.17) is 4.98 Å². The van der Waals surface area contributed by atoms with Crippen molar-refractivity contribution in [3.05, 3.63) is 199 Å². The molecule has 4 heterocycles. The van der Waals surface area contributed by atoms with Crippen molar-refractivity contribution in [2.24, 2.45) is 0 Å². The lowest BCUT2D eigenvalue weighted by Gasteiger charge is -2.40. The molecule has 1 aliphatic rings. The minimum absolute atomic E-state index is 0.590. The SMILES string of the molecule is FC(c1cccc(-c2ccccn2)c1)c1cccc(-n2c3cc4c(cc3c3cccnc32)[Si](c2ccccc2)(c2ccccc2)c2ccccc2S4)c1. The first kappa shape index (κ1) is 31.6. The zero-order valence-electron chi connectivity index (χ0n) is 28.6. The lowest BCUT2D eigenvalue weighted by Crippen LogP contribution is -2.76. The summed E-state index contributed by atoms with van der Waals surface area (Å²) in [5.74, 6) is 0. The number of halogens is 1. The van der Waals surface area contributed by atoms with Gasteiger partial charge in [0.15, 0.2) is 14.2 Å². The molecule has 0 aliphatic carbocycles. The molecule has 1 atom stereocenters. The van der Waals surface area contributed by atoms with Gasteiger partial charge in [0.2, 0.25) is 0 Å². The average molecular weight is 718 g/mol. The van der Waals surface area contributed by atoms with Crippen molar-refractivity contribution in [3.8, 4) is 16.9 Å². The molecule has 0 saturated heterocycles.